The lowest BCUT2D eigenvalue weighted by Gasteiger charge is -2.29. The summed E-state index contributed by atoms with van der Waals surface area (Å²) in [5.41, 5.74) is 2.18. The molecule has 0 bridgehead atoms. The van der Waals surface area contributed by atoms with Crippen LogP contribution in [0.4, 0.5) is 5.69 Å². The fraction of sp³-hybridized carbons (Fsp3) is 0.333. The van der Waals surface area contributed by atoms with E-state index in [0.29, 0.717) is 29.3 Å². The molecule has 2 amide bonds. The Bertz CT molecular complexity index is 975. The minimum Gasteiger partial charge on any atom is -0.497 e. The molecule has 6 nitrogen and oxygen atoms in total. The molecule has 30 heavy (non-hydrogen) atoms. The molecule has 0 atom stereocenters. The molecule has 2 aliphatic heterocycles. The normalized spacial score (nSPS) is 17.0. The zero-order valence-corrected chi connectivity index (χ0v) is 17.4. The number of methoxy groups -OCH3 is 1. The van der Waals surface area contributed by atoms with E-state index < -0.39 is 0 Å². The van der Waals surface area contributed by atoms with Gasteiger partial charge in [0.25, 0.3) is 11.8 Å². The number of benzene rings is 2. The van der Waals surface area contributed by atoms with Gasteiger partial charge in [0.05, 0.1) is 25.0 Å². The average molecular weight is 406 g/mol. The number of ether oxygens (including phenoxy) is 2. The number of carbonyl (C=O) groups excluding carboxylic acids is 2. The van der Waals surface area contributed by atoms with Crippen LogP contribution in [0.2, 0.25) is 0 Å². The predicted molar refractivity (Wildman–Crippen MR) is 115 cm³/mol. The van der Waals surface area contributed by atoms with Gasteiger partial charge in [-0.25, -0.2) is 4.90 Å². The van der Waals surface area contributed by atoms with Gasteiger partial charge < -0.3 is 14.4 Å². The van der Waals surface area contributed by atoms with E-state index in [1.165, 1.54) is 4.90 Å². The van der Waals surface area contributed by atoms with Crippen LogP contribution < -0.4 is 14.4 Å². The average Bonchev–Trinajstić information content (AvgIpc) is 3.05. The van der Waals surface area contributed by atoms with Crippen molar-refractivity contribution in [2.45, 2.75) is 26.2 Å². The summed E-state index contributed by atoms with van der Waals surface area (Å²) in [4.78, 5) is 30.4. The summed E-state index contributed by atoms with van der Waals surface area (Å²) in [5.74, 6) is 0.752. The highest BCUT2D eigenvalue weighted by Crippen LogP contribution is 2.37. The van der Waals surface area contributed by atoms with Crippen molar-refractivity contribution in [3.63, 3.8) is 0 Å². The highest BCUT2D eigenvalue weighted by Gasteiger charge is 2.42. The van der Waals surface area contributed by atoms with E-state index in [2.05, 4.69) is 4.90 Å². The standard InChI is InChI=1S/C24H26N2O4/c1-3-30-19-12-10-17(11-13-19)21-22(25-14-5-4-6-15-25)24(28)26(23(21)27)18-8-7-9-20(16-18)29-2/h7-13,16H,3-6,14-15H2,1-2H3. The van der Waals surface area contributed by atoms with Gasteiger partial charge in [0, 0.05) is 19.2 Å². The van der Waals surface area contributed by atoms with E-state index in [1.54, 1.807) is 31.4 Å². The predicted octanol–water partition coefficient (Wildman–Crippen LogP) is 3.86. The summed E-state index contributed by atoms with van der Waals surface area (Å²) < 4.78 is 10.8. The molecule has 156 valence electrons. The summed E-state index contributed by atoms with van der Waals surface area (Å²) in [6.45, 7) is 4.06. The Balaban J connectivity index is 1.78. The summed E-state index contributed by atoms with van der Waals surface area (Å²) in [7, 11) is 1.56. The first-order chi connectivity index (χ1) is 14.6. The van der Waals surface area contributed by atoms with Crippen LogP contribution in [0.25, 0.3) is 5.57 Å². The van der Waals surface area contributed by atoms with Gasteiger partial charge in [-0.05, 0) is 56.0 Å². The number of hydrogen-bond donors (Lipinski definition) is 0. The largest absolute Gasteiger partial charge is 0.497 e. The molecule has 2 aliphatic rings. The Morgan fingerprint density at radius 2 is 1.63 bits per heavy atom. The van der Waals surface area contributed by atoms with Crippen molar-refractivity contribution < 1.29 is 19.1 Å². The molecule has 4 rings (SSSR count). The second kappa shape index (κ2) is 8.61. The maximum absolute atomic E-state index is 13.5. The molecular formula is C24H26N2O4. The Labute approximate surface area is 176 Å². The van der Waals surface area contributed by atoms with Gasteiger partial charge >= 0.3 is 0 Å². The topological polar surface area (TPSA) is 59.1 Å². The van der Waals surface area contributed by atoms with Gasteiger partial charge in [0.1, 0.15) is 17.2 Å². The van der Waals surface area contributed by atoms with Crippen LogP contribution in [0.3, 0.4) is 0 Å². The van der Waals surface area contributed by atoms with Gasteiger partial charge in [-0.3, -0.25) is 9.59 Å². The lowest BCUT2D eigenvalue weighted by Crippen LogP contribution is -2.37. The van der Waals surface area contributed by atoms with E-state index in [-0.39, 0.29) is 11.8 Å². The number of amides is 2. The number of hydrogen-bond acceptors (Lipinski definition) is 5. The van der Waals surface area contributed by atoms with Crippen molar-refractivity contribution in [2.24, 2.45) is 0 Å². The molecule has 2 aromatic rings. The number of likely N-dealkylation sites (tertiary alicyclic amines) is 1. The summed E-state index contributed by atoms with van der Waals surface area (Å²) >= 11 is 0. The van der Waals surface area contributed by atoms with Crippen LogP contribution in [0.5, 0.6) is 11.5 Å². The molecule has 2 aromatic carbocycles. The van der Waals surface area contributed by atoms with E-state index in [4.69, 9.17) is 9.47 Å². The number of carbonyl (C=O) groups is 2. The summed E-state index contributed by atoms with van der Waals surface area (Å²) in [6.07, 6.45) is 3.17. The Kier molecular flexibility index (Phi) is 5.74. The number of anilines is 1. The monoisotopic (exact) mass is 406 g/mol. The zero-order valence-electron chi connectivity index (χ0n) is 17.4. The van der Waals surface area contributed by atoms with Crippen molar-refractivity contribution in [1.29, 1.82) is 0 Å². The molecule has 6 heteroatoms. The number of nitrogens with zero attached hydrogens (tertiary/aromatic N) is 2. The van der Waals surface area contributed by atoms with E-state index >= 15 is 0 Å². The molecule has 0 unspecified atom stereocenters. The third-order valence-corrected chi connectivity index (χ3v) is 5.50. The van der Waals surface area contributed by atoms with E-state index in [1.807, 2.05) is 31.2 Å². The quantitative estimate of drug-likeness (QED) is 0.682. The van der Waals surface area contributed by atoms with Crippen molar-refractivity contribution in [3.8, 4) is 11.5 Å². The van der Waals surface area contributed by atoms with Crippen LogP contribution in [0.1, 0.15) is 31.7 Å². The third kappa shape index (κ3) is 3.65. The van der Waals surface area contributed by atoms with E-state index in [0.717, 1.165) is 43.7 Å². The first-order valence-corrected chi connectivity index (χ1v) is 10.4. The third-order valence-electron chi connectivity index (χ3n) is 5.50. The Morgan fingerprint density at radius 3 is 2.30 bits per heavy atom. The van der Waals surface area contributed by atoms with E-state index in [9.17, 15) is 9.59 Å². The molecule has 1 fully saturated rings. The molecule has 0 aliphatic carbocycles. The molecule has 0 radical (unpaired) electrons. The zero-order chi connectivity index (χ0) is 21.1. The summed E-state index contributed by atoms with van der Waals surface area (Å²) in [5, 5.41) is 0. The van der Waals surface area contributed by atoms with Gasteiger partial charge in [0.2, 0.25) is 0 Å². The van der Waals surface area contributed by atoms with Crippen molar-refractivity contribution >= 4 is 23.1 Å². The highest BCUT2D eigenvalue weighted by atomic mass is 16.5. The minimum absolute atomic E-state index is 0.279. The van der Waals surface area contributed by atoms with Crippen LogP contribution in [0, 0.1) is 0 Å². The van der Waals surface area contributed by atoms with Gasteiger partial charge in [-0.2, -0.15) is 0 Å². The second-order valence-corrected chi connectivity index (χ2v) is 7.38. The first-order valence-electron chi connectivity index (χ1n) is 10.4. The fourth-order valence-corrected chi connectivity index (χ4v) is 4.06. The molecule has 0 N–H and O–H groups in total. The van der Waals surface area contributed by atoms with Crippen LogP contribution in [-0.4, -0.2) is 43.5 Å². The first kappa shape index (κ1) is 20.0. The van der Waals surface area contributed by atoms with Gasteiger partial charge in [-0.1, -0.05) is 18.2 Å². The molecule has 1 saturated heterocycles. The van der Waals surface area contributed by atoms with Crippen molar-refractivity contribution in [3.05, 3.63) is 59.8 Å². The maximum Gasteiger partial charge on any atom is 0.282 e. The lowest BCUT2D eigenvalue weighted by molar-refractivity contribution is -0.120. The fourth-order valence-electron chi connectivity index (χ4n) is 4.06. The van der Waals surface area contributed by atoms with Gasteiger partial charge in [0.15, 0.2) is 0 Å². The van der Waals surface area contributed by atoms with Crippen LogP contribution in [0.15, 0.2) is 54.2 Å². The number of rotatable bonds is 6. The Morgan fingerprint density at radius 1 is 0.900 bits per heavy atom. The smallest absolute Gasteiger partial charge is 0.282 e. The molecule has 0 spiro atoms. The Hall–Kier alpha value is -3.28. The SMILES string of the molecule is CCOc1ccc(C2=C(N3CCCCC3)C(=O)N(c3cccc(OC)c3)C2=O)cc1. The number of piperidine rings is 1. The van der Waals surface area contributed by atoms with Crippen molar-refractivity contribution in [1.82, 2.24) is 4.90 Å². The molecule has 0 aromatic heterocycles. The highest BCUT2D eigenvalue weighted by molar-refractivity contribution is 6.45. The second-order valence-electron chi connectivity index (χ2n) is 7.38. The molecular weight excluding hydrogens is 380 g/mol. The molecule has 0 saturated carbocycles. The van der Waals surface area contributed by atoms with Crippen molar-refractivity contribution in [2.75, 3.05) is 31.7 Å². The molecule has 2 heterocycles. The lowest BCUT2D eigenvalue weighted by atomic mass is 10.0. The van der Waals surface area contributed by atoms with Gasteiger partial charge in [-0.15, -0.1) is 0 Å². The summed E-state index contributed by atoms with van der Waals surface area (Å²) in [6, 6.07) is 14.4. The van der Waals surface area contributed by atoms with Crippen LogP contribution in [-0.2, 0) is 9.59 Å². The number of imide groups is 1. The minimum atomic E-state index is -0.307. The maximum atomic E-state index is 13.5. The van der Waals surface area contributed by atoms with Crippen LogP contribution >= 0.6 is 0 Å².